The SMILES string of the molecule is CC1CCn2c(=O)c(=O)n(CC(O)C(C)O)c3cccc1c32. The van der Waals surface area contributed by atoms with Crippen LogP contribution in [0.15, 0.2) is 27.8 Å². The highest BCUT2D eigenvalue weighted by Gasteiger charge is 2.24. The third-order valence-electron chi connectivity index (χ3n) is 4.52. The van der Waals surface area contributed by atoms with E-state index < -0.39 is 23.3 Å². The molecule has 0 saturated heterocycles. The van der Waals surface area contributed by atoms with Crippen LogP contribution in [0.4, 0.5) is 0 Å². The van der Waals surface area contributed by atoms with Gasteiger partial charge in [0.2, 0.25) is 0 Å². The third-order valence-corrected chi connectivity index (χ3v) is 4.52. The molecular weight excluding hydrogens is 284 g/mol. The van der Waals surface area contributed by atoms with Gasteiger partial charge in [0.25, 0.3) is 0 Å². The van der Waals surface area contributed by atoms with Gasteiger partial charge >= 0.3 is 11.1 Å². The number of benzene rings is 1. The van der Waals surface area contributed by atoms with Gasteiger partial charge in [-0.25, -0.2) is 0 Å². The Kier molecular flexibility index (Phi) is 3.66. The first-order valence-corrected chi connectivity index (χ1v) is 7.54. The summed E-state index contributed by atoms with van der Waals surface area (Å²) in [6, 6.07) is 5.62. The number of aromatic nitrogens is 2. The van der Waals surface area contributed by atoms with Crippen molar-refractivity contribution in [2.75, 3.05) is 0 Å². The maximum absolute atomic E-state index is 12.4. The summed E-state index contributed by atoms with van der Waals surface area (Å²) in [7, 11) is 0. The van der Waals surface area contributed by atoms with E-state index in [0.717, 1.165) is 17.5 Å². The number of para-hydroxylation sites is 1. The van der Waals surface area contributed by atoms with Gasteiger partial charge in [-0.05, 0) is 30.9 Å². The summed E-state index contributed by atoms with van der Waals surface area (Å²) >= 11 is 0. The van der Waals surface area contributed by atoms with Crippen LogP contribution in [0.1, 0.15) is 31.7 Å². The quantitative estimate of drug-likeness (QED) is 0.805. The summed E-state index contributed by atoms with van der Waals surface area (Å²) in [5.41, 5.74) is 1.22. The van der Waals surface area contributed by atoms with Crippen LogP contribution in [0.3, 0.4) is 0 Å². The summed E-state index contributed by atoms with van der Waals surface area (Å²) < 4.78 is 2.82. The molecule has 3 rings (SSSR count). The number of aliphatic hydroxyl groups is 2. The maximum Gasteiger partial charge on any atom is 0.317 e. The first-order valence-electron chi connectivity index (χ1n) is 7.54. The molecule has 6 heteroatoms. The van der Waals surface area contributed by atoms with Crippen molar-refractivity contribution >= 4 is 11.0 Å². The average Bonchev–Trinajstić information content (AvgIpc) is 2.50. The fourth-order valence-corrected chi connectivity index (χ4v) is 3.11. The van der Waals surface area contributed by atoms with Gasteiger partial charge in [-0.2, -0.15) is 0 Å². The Balaban J connectivity index is 2.33. The topological polar surface area (TPSA) is 84.5 Å². The molecular formula is C16H20N2O4. The summed E-state index contributed by atoms with van der Waals surface area (Å²) in [4.78, 5) is 24.7. The molecule has 6 nitrogen and oxygen atoms in total. The highest BCUT2D eigenvalue weighted by atomic mass is 16.3. The Bertz CT molecular complexity index is 834. The molecule has 1 aromatic heterocycles. The first kappa shape index (κ1) is 15.0. The fourth-order valence-electron chi connectivity index (χ4n) is 3.11. The smallest absolute Gasteiger partial charge is 0.317 e. The molecule has 118 valence electrons. The zero-order chi connectivity index (χ0) is 16.0. The molecule has 1 aliphatic rings. The number of aliphatic hydroxyl groups excluding tert-OH is 2. The molecule has 2 N–H and O–H groups in total. The Morgan fingerprint density at radius 1 is 1.27 bits per heavy atom. The monoisotopic (exact) mass is 304 g/mol. The summed E-state index contributed by atoms with van der Waals surface area (Å²) in [6.45, 7) is 3.99. The van der Waals surface area contributed by atoms with E-state index in [-0.39, 0.29) is 6.54 Å². The minimum atomic E-state index is -1.10. The van der Waals surface area contributed by atoms with Crippen LogP contribution in [0, 0.1) is 0 Å². The zero-order valence-electron chi connectivity index (χ0n) is 12.7. The van der Waals surface area contributed by atoms with Crippen LogP contribution in [0.25, 0.3) is 11.0 Å². The largest absolute Gasteiger partial charge is 0.391 e. The second-order valence-corrected chi connectivity index (χ2v) is 6.09. The Morgan fingerprint density at radius 2 is 2.00 bits per heavy atom. The molecule has 22 heavy (non-hydrogen) atoms. The molecule has 2 heterocycles. The van der Waals surface area contributed by atoms with Crippen LogP contribution in [0.5, 0.6) is 0 Å². The van der Waals surface area contributed by atoms with Crippen molar-refractivity contribution in [3.05, 3.63) is 44.5 Å². The van der Waals surface area contributed by atoms with Crippen LogP contribution in [0.2, 0.25) is 0 Å². The van der Waals surface area contributed by atoms with E-state index in [1.807, 2.05) is 12.1 Å². The van der Waals surface area contributed by atoms with Crippen molar-refractivity contribution < 1.29 is 10.2 Å². The summed E-state index contributed by atoms with van der Waals surface area (Å²) in [5.74, 6) is 0.316. The second-order valence-electron chi connectivity index (χ2n) is 6.09. The molecule has 2 aromatic rings. The van der Waals surface area contributed by atoms with Gasteiger partial charge < -0.3 is 14.8 Å². The van der Waals surface area contributed by atoms with Gasteiger partial charge in [0, 0.05) is 6.54 Å². The van der Waals surface area contributed by atoms with Gasteiger partial charge in [0.1, 0.15) is 0 Å². The predicted molar refractivity (Wildman–Crippen MR) is 83.2 cm³/mol. The molecule has 0 saturated carbocycles. The Morgan fingerprint density at radius 3 is 2.68 bits per heavy atom. The molecule has 3 atom stereocenters. The number of aryl methyl sites for hydroxylation is 1. The minimum absolute atomic E-state index is 0.0963. The van der Waals surface area contributed by atoms with E-state index in [0.29, 0.717) is 18.0 Å². The van der Waals surface area contributed by atoms with E-state index in [2.05, 4.69) is 6.92 Å². The van der Waals surface area contributed by atoms with Gasteiger partial charge in [-0.3, -0.25) is 14.2 Å². The number of rotatable bonds is 3. The lowest BCUT2D eigenvalue weighted by molar-refractivity contribution is 0.0208. The van der Waals surface area contributed by atoms with Crippen LogP contribution in [-0.4, -0.2) is 31.6 Å². The lowest BCUT2D eigenvalue weighted by Gasteiger charge is -2.26. The molecule has 1 aromatic carbocycles. The van der Waals surface area contributed by atoms with Crippen molar-refractivity contribution in [2.45, 2.75) is 51.5 Å². The molecule has 0 radical (unpaired) electrons. The van der Waals surface area contributed by atoms with E-state index in [4.69, 9.17) is 0 Å². The Labute approximate surface area is 127 Å². The van der Waals surface area contributed by atoms with E-state index >= 15 is 0 Å². The number of hydrogen-bond donors (Lipinski definition) is 2. The third kappa shape index (κ3) is 2.19. The zero-order valence-corrected chi connectivity index (χ0v) is 12.7. The average molecular weight is 304 g/mol. The van der Waals surface area contributed by atoms with E-state index in [1.165, 1.54) is 16.1 Å². The Hall–Kier alpha value is -1.92. The molecule has 0 spiro atoms. The van der Waals surface area contributed by atoms with Crippen molar-refractivity contribution in [1.29, 1.82) is 0 Å². The van der Waals surface area contributed by atoms with E-state index in [9.17, 15) is 19.8 Å². The lowest BCUT2D eigenvalue weighted by atomic mass is 9.93. The van der Waals surface area contributed by atoms with Gasteiger partial charge in [-0.15, -0.1) is 0 Å². The minimum Gasteiger partial charge on any atom is -0.391 e. The summed E-state index contributed by atoms with van der Waals surface area (Å²) in [6.07, 6.45) is -1.24. The van der Waals surface area contributed by atoms with Crippen molar-refractivity contribution in [3.63, 3.8) is 0 Å². The maximum atomic E-state index is 12.4. The van der Waals surface area contributed by atoms with Crippen molar-refractivity contribution in [2.24, 2.45) is 0 Å². The number of nitrogens with zero attached hydrogens (tertiary/aromatic N) is 2. The second kappa shape index (κ2) is 5.37. The predicted octanol–water partition coefficient (Wildman–Crippen LogP) is 0.412. The fraction of sp³-hybridized carbons (Fsp3) is 0.500. The van der Waals surface area contributed by atoms with Crippen LogP contribution in [-0.2, 0) is 13.1 Å². The normalized spacial score (nSPS) is 20.1. The van der Waals surface area contributed by atoms with Crippen LogP contribution < -0.4 is 11.1 Å². The molecule has 0 fully saturated rings. The van der Waals surface area contributed by atoms with Gasteiger partial charge in [0.05, 0.1) is 29.8 Å². The van der Waals surface area contributed by atoms with Crippen molar-refractivity contribution in [1.82, 2.24) is 9.13 Å². The molecule has 1 aliphatic heterocycles. The molecule has 3 unspecified atom stereocenters. The van der Waals surface area contributed by atoms with E-state index in [1.54, 1.807) is 6.07 Å². The number of hydrogen-bond acceptors (Lipinski definition) is 4. The molecule has 0 bridgehead atoms. The van der Waals surface area contributed by atoms with Crippen molar-refractivity contribution in [3.8, 4) is 0 Å². The molecule has 0 amide bonds. The standard InChI is InChI=1S/C16H20N2O4/c1-9-6-7-17-14-11(9)4-3-5-12(14)18(16(22)15(17)21)8-13(20)10(2)19/h3-5,9-10,13,19-20H,6-8H2,1-2H3. The summed E-state index contributed by atoms with van der Waals surface area (Å²) in [5, 5.41) is 19.4. The van der Waals surface area contributed by atoms with Gasteiger partial charge in [-0.1, -0.05) is 19.1 Å². The lowest BCUT2D eigenvalue weighted by Crippen LogP contribution is -2.45. The highest BCUT2D eigenvalue weighted by molar-refractivity contribution is 5.80. The highest BCUT2D eigenvalue weighted by Crippen LogP contribution is 2.30. The molecule has 0 aliphatic carbocycles. The van der Waals surface area contributed by atoms with Gasteiger partial charge in [0.15, 0.2) is 0 Å². The first-order chi connectivity index (χ1) is 10.4. The van der Waals surface area contributed by atoms with Crippen LogP contribution >= 0.6 is 0 Å².